The number of hydrogen-bond donors (Lipinski definition) is 0. The molecule has 0 bridgehead atoms. The summed E-state index contributed by atoms with van der Waals surface area (Å²) >= 11 is 0. The fourth-order valence-electron chi connectivity index (χ4n) is 3.44. The first-order valence-corrected chi connectivity index (χ1v) is 9.65. The van der Waals surface area contributed by atoms with Gasteiger partial charge < -0.3 is 14.2 Å². The first-order chi connectivity index (χ1) is 13.0. The lowest BCUT2D eigenvalue weighted by molar-refractivity contribution is -0.130. The van der Waals surface area contributed by atoms with Crippen LogP contribution in [-0.4, -0.2) is 47.8 Å². The van der Waals surface area contributed by atoms with E-state index in [0.29, 0.717) is 44.3 Å². The maximum absolute atomic E-state index is 12.9. The van der Waals surface area contributed by atoms with E-state index in [4.69, 9.17) is 4.42 Å². The van der Waals surface area contributed by atoms with Crippen molar-refractivity contribution in [3.8, 4) is 0 Å². The highest BCUT2D eigenvalue weighted by Crippen LogP contribution is 2.20. The van der Waals surface area contributed by atoms with Gasteiger partial charge in [0.1, 0.15) is 0 Å². The van der Waals surface area contributed by atoms with Crippen LogP contribution < -0.4 is 0 Å². The Labute approximate surface area is 160 Å². The lowest BCUT2D eigenvalue weighted by Gasteiger charge is -2.22. The van der Waals surface area contributed by atoms with Crippen molar-refractivity contribution in [2.45, 2.75) is 39.5 Å². The molecular formula is C22H28N2O3. The molecule has 144 valence electrons. The van der Waals surface area contributed by atoms with Gasteiger partial charge in [-0.15, -0.1) is 0 Å². The van der Waals surface area contributed by atoms with Crippen molar-refractivity contribution < 1.29 is 14.0 Å². The Morgan fingerprint density at radius 1 is 1.07 bits per heavy atom. The van der Waals surface area contributed by atoms with Crippen LogP contribution in [0.15, 0.2) is 41.0 Å². The van der Waals surface area contributed by atoms with Crippen LogP contribution in [0.4, 0.5) is 0 Å². The third kappa shape index (κ3) is 4.59. The van der Waals surface area contributed by atoms with Crippen molar-refractivity contribution >= 4 is 11.8 Å². The molecule has 0 radical (unpaired) electrons. The summed E-state index contributed by atoms with van der Waals surface area (Å²) in [6.45, 7) is 8.81. The van der Waals surface area contributed by atoms with Gasteiger partial charge in [0.2, 0.25) is 5.91 Å². The van der Waals surface area contributed by atoms with Crippen LogP contribution in [0.2, 0.25) is 0 Å². The largest absolute Gasteiger partial charge is 0.459 e. The van der Waals surface area contributed by atoms with E-state index in [-0.39, 0.29) is 11.8 Å². The van der Waals surface area contributed by atoms with Crippen molar-refractivity contribution in [3.05, 3.63) is 59.0 Å². The molecule has 1 aliphatic heterocycles. The molecule has 0 aliphatic carbocycles. The van der Waals surface area contributed by atoms with Crippen LogP contribution >= 0.6 is 0 Å². The highest BCUT2D eigenvalue weighted by molar-refractivity contribution is 5.91. The number of nitrogens with zero attached hydrogens (tertiary/aromatic N) is 2. The number of rotatable bonds is 4. The summed E-state index contributed by atoms with van der Waals surface area (Å²) in [6, 6.07) is 9.79. The zero-order valence-corrected chi connectivity index (χ0v) is 16.4. The summed E-state index contributed by atoms with van der Waals surface area (Å²) in [4.78, 5) is 29.0. The summed E-state index contributed by atoms with van der Waals surface area (Å²) in [6.07, 6.45) is 2.70. The van der Waals surface area contributed by atoms with E-state index < -0.39 is 0 Å². The number of benzene rings is 1. The smallest absolute Gasteiger partial charge is 0.289 e. The van der Waals surface area contributed by atoms with Crippen molar-refractivity contribution in [2.75, 3.05) is 26.2 Å². The van der Waals surface area contributed by atoms with Crippen molar-refractivity contribution in [1.82, 2.24) is 9.80 Å². The quantitative estimate of drug-likeness (QED) is 0.828. The van der Waals surface area contributed by atoms with Crippen molar-refractivity contribution in [1.29, 1.82) is 0 Å². The molecule has 0 N–H and O–H groups in total. The Balaban J connectivity index is 1.63. The molecule has 0 saturated carbocycles. The minimum absolute atomic E-state index is 0.102. The fourth-order valence-corrected chi connectivity index (χ4v) is 3.44. The normalized spacial score (nSPS) is 15.1. The van der Waals surface area contributed by atoms with E-state index in [1.54, 1.807) is 17.0 Å². The predicted molar refractivity (Wildman–Crippen MR) is 105 cm³/mol. The number of hydrogen-bond acceptors (Lipinski definition) is 3. The number of carbonyl (C=O) groups is 2. The van der Waals surface area contributed by atoms with E-state index in [1.165, 1.54) is 11.8 Å². The molecule has 1 saturated heterocycles. The molecule has 0 atom stereocenters. The Hall–Kier alpha value is -2.56. The van der Waals surface area contributed by atoms with Gasteiger partial charge in [0.25, 0.3) is 5.91 Å². The molecule has 2 aromatic rings. The monoisotopic (exact) mass is 368 g/mol. The molecular weight excluding hydrogens is 340 g/mol. The average Bonchev–Trinajstić information content (AvgIpc) is 3.07. The molecule has 2 heterocycles. The number of amides is 2. The maximum atomic E-state index is 12.9. The topological polar surface area (TPSA) is 53.8 Å². The Kier molecular flexibility index (Phi) is 5.99. The van der Waals surface area contributed by atoms with E-state index in [0.717, 1.165) is 17.5 Å². The van der Waals surface area contributed by atoms with E-state index >= 15 is 0 Å². The maximum Gasteiger partial charge on any atom is 0.289 e. The second kappa shape index (κ2) is 8.42. The molecule has 2 amide bonds. The molecule has 27 heavy (non-hydrogen) atoms. The van der Waals surface area contributed by atoms with Crippen molar-refractivity contribution in [3.63, 3.8) is 0 Å². The molecule has 5 nitrogen and oxygen atoms in total. The van der Waals surface area contributed by atoms with Gasteiger partial charge in [-0.2, -0.15) is 0 Å². The van der Waals surface area contributed by atoms with Gasteiger partial charge >= 0.3 is 0 Å². The Morgan fingerprint density at radius 3 is 2.52 bits per heavy atom. The van der Waals surface area contributed by atoms with Gasteiger partial charge in [-0.25, -0.2) is 0 Å². The van der Waals surface area contributed by atoms with Gasteiger partial charge in [0.05, 0.1) is 12.7 Å². The average molecular weight is 368 g/mol. The zero-order valence-electron chi connectivity index (χ0n) is 16.4. The Bertz CT molecular complexity index is 796. The second-order valence-electron chi connectivity index (χ2n) is 7.52. The van der Waals surface area contributed by atoms with Gasteiger partial charge in [-0.05, 0) is 48.1 Å². The van der Waals surface area contributed by atoms with Crippen molar-refractivity contribution in [2.24, 2.45) is 0 Å². The van der Waals surface area contributed by atoms with Crippen LogP contribution in [0, 0.1) is 6.92 Å². The summed E-state index contributed by atoms with van der Waals surface area (Å²) in [5, 5.41) is 0. The number of aryl methyl sites for hydroxylation is 1. The van der Waals surface area contributed by atoms with Gasteiger partial charge in [-0.1, -0.05) is 32.0 Å². The van der Waals surface area contributed by atoms with Gasteiger partial charge in [0, 0.05) is 26.2 Å². The summed E-state index contributed by atoms with van der Waals surface area (Å²) in [7, 11) is 0. The van der Waals surface area contributed by atoms with Gasteiger partial charge in [-0.3, -0.25) is 9.59 Å². The van der Waals surface area contributed by atoms with Crippen LogP contribution in [0.1, 0.15) is 53.4 Å². The molecule has 5 heteroatoms. The molecule has 1 aromatic carbocycles. The first-order valence-electron chi connectivity index (χ1n) is 9.65. The summed E-state index contributed by atoms with van der Waals surface area (Å²) in [5.41, 5.74) is 3.51. The molecule has 0 spiro atoms. The molecule has 1 aliphatic rings. The van der Waals surface area contributed by atoms with Gasteiger partial charge in [0.15, 0.2) is 5.76 Å². The Morgan fingerprint density at radius 2 is 1.81 bits per heavy atom. The van der Waals surface area contributed by atoms with Crippen LogP contribution in [-0.2, 0) is 11.2 Å². The highest BCUT2D eigenvalue weighted by atomic mass is 16.3. The van der Waals surface area contributed by atoms with Crippen LogP contribution in [0.25, 0.3) is 0 Å². The highest BCUT2D eigenvalue weighted by Gasteiger charge is 2.24. The van der Waals surface area contributed by atoms with E-state index in [9.17, 15) is 9.59 Å². The molecule has 3 rings (SSSR count). The minimum Gasteiger partial charge on any atom is -0.459 e. The first kappa shape index (κ1) is 19.2. The van der Waals surface area contributed by atoms with Crippen LogP contribution in [0.3, 0.4) is 0 Å². The number of carbonyl (C=O) groups excluding carboxylic acids is 2. The summed E-state index contributed by atoms with van der Waals surface area (Å²) < 4.78 is 5.21. The van der Waals surface area contributed by atoms with E-state index in [1.807, 2.05) is 4.90 Å². The standard InChI is InChI=1S/C22H28N2O3/c1-16(2)18-8-7-17(3)19(14-18)15-21(25)23-9-5-10-24(12-11-23)22(26)20-6-4-13-27-20/h4,6-8,13-14,16H,5,9-12,15H2,1-3H3. The zero-order chi connectivity index (χ0) is 19.4. The minimum atomic E-state index is -0.102. The molecule has 1 fully saturated rings. The predicted octanol–water partition coefficient (Wildman–Crippen LogP) is 3.63. The summed E-state index contributed by atoms with van der Waals surface area (Å²) in [5.74, 6) is 0.829. The number of furan rings is 1. The van der Waals surface area contributed by atoms with E-state index in [2.05, 4.69) is 39.0 Å². The second-order valence-corrected chi connectivity index (χ2v) is 7.52. The lowest BCUT2D eigenvalue weighted by Crippen LogP contribution is -2.38. The fraction of sp³-hybridized carbons (Fsp3) is 0.455. The SMILES string of the molecule is Cc1ccc(C(C)C)cc1CC(=O)N1CCCN(C(=O)c2ccco2)CC1. The third-order valence-corrected chi connectivity index (χ3v) is 5.25. The molecule has 1 aromatic heterocycles. The molecule has 0 unspecified atom stereocenters. The third-order valence-electron chi connectivity index (χ3n) is 5.25. The lowest BCUT2D eigenvalue weighted by atomic mass is 9.96. The van der Waals surface area contributed by atoms with Crippen LogP contribution in [0.5, 0.6) is 0 Å².